The third kappa shape index (κ3) is 3.37. The number of thiophene rings is 1. The normalized spacial score (nSPS) is 10.8. The van der Waals surface area contributed by atoms with Gasteiger partial charge < -0.3 is 10.6 Å². The van der Waals surface area contributed by atoms with Crippen molar-refractivity contribution in [3.8, 4) is 11.3 Å². The van der Waals surface area contributed by atoms with E-state index in [-0.39, 0.29) is 11.8 Å². The lowest BCUT2D eigenvalue weighted by atomic mass is 10.1. The van der Waals surface area contributed by atoms with Gasteiger partial charge in [0.1, 0.15) is 0 Å². The molecule has 0 saturated carbocycles. The molecule has 8 heteroatoms. The van der Waals surface area contributed by atoms with E-state index >= 15 is 0 Å². The Kier molecular flexibility index (Phi) is 4.86. The van der Waals surface area contributed by atoms with Crippen molar-refractivity contribution in [3.63, 3.8) is 0 Å². The number of hydrogen-bond donors (Lipinski definition) is 2. The molecule has 4 aromatic rings. The molecule has 28 heavy (non-hydrogen) atoms. The van der Waals surface area contributed by atoms with Crippen molar-refractivity contribution >= 4 is 34.5 Å². The van der Waals surface area contributed by atoms with Gasteiger partial charge in [0.05, 0.1) is 22.3 Å². The predicted molar refractivity (Wildman–Crippen MR) is 109 cm³/mol. The Hall–Kier alpha value is -3.52. The average Bonchev–Trinajstić information content (AvgIpc) is 3.38. The Bertz CT molecular complexity index is 1150. The van der Waals surface area contributed by atoms with E-state index < -0.39 is 0 Å². The molecular formula is C20H17N5O2S. The molecule has 0 spiro atoms. The smallest absolute Gasteiger partial charge is 0.319 e. The predicted octanol–water partition coefficient (Wildman–Crippen LogP) is 3.83. The molecule has 0 atom stereocenters. The fourth-order valence-corrected chi connectivity index (χ4v) is 3.58. The molecule has 4 rings (SSSR count). The number of nitrogens with zero attached hydrogens (tertiary/aromatic N) is 3. The molecule has 0 fully saturated rings. The van der Waals surface area contributed by atoms with E-state index in [1.54, 1.807) is 23.0 Å². The van der Waals surface area contributed by atoms with Crippen LogP contribution in [0.1, 0.15) is 22.2 Å². The van der Waals surface area contributed by atoms with Crippen LogP contribution in [0.2, 0.25) is 0 Å². The summed E-state index contributed by atoms with van der Waals surface area (Å²) in [6, 6.07) is 12.6. The average molecular weight is 391 g/mol. The minimum absolute atomic E-state index is 0.0960. The van der Waals surface area contributed by atoms with E-state index in [9.17, 15) is 9.59 Å². The van der Waals surface area contributed by atoms with Gasteiger partial charge in [0.25, 0.3) is 0 Å². The van der Waals surface area contributed by atoms with Crippen LogP contribution in [0.25, 0.3) is 16.9 Å². The molecule has 140 valence electrons. The summed E-state index contributed by atoms with van der Waals surface area (Å²) in [7, 11) is 0. The molecule has 0 aliphatic heterocycles. The zero-order valence-corrected chi connectivity index (χ0v) is 15.9. The van der Waals surface area contributed by atoms with E-state index in [0.717, 1.165) is 11.3 Å². The van der Waals surface area contributed by atoms with Crippen molar-refractivity contribution in [2.75, 3.05) is 11.9 Å². The van der Waals surface area contributed by atoms with Gasteiger partial charge in [-0.1, -0.05) is 18.2 Å². The summed E-state index contributed by atoms with van der Waals surface area (Å²) in [5, 5.41) is 11.7. The molecule has 2 amide bonds. The van der Waals surface area contributed by atoms with Crippen molar-refractivity contribution in [3.05, 3.63) is 70.7 Å². The summed E-state index contributed by atoms with van der Waals surface area (Å²) < 4.78 is 1.64. The summed E-state index contributed by atoms with van der Waals surface area (Å²) in [5.41, 5.74) is 3.24. The van der Waals surface area contributed by atoms with Gasteiger partial charge >= 0.3 is 6.03 Å². The highest BCUT2D eigenvalue weighted by Crippen LogP contribution is 2.25. The van der Waals surface area contributed by atoms with Crippen LogP contribution < -0.4 is 10.6 Å². The number of ketones is 1. The number of fused-ring (bicyclic) bond motifs is 1. The highest BCUT2D eigenvalue weighted by Gasteiger charge is 2.18. The Morgan fingerprint density at radius 2 is 2.07 bits per heavy atom. The summed E-state index contributed by atoms with van der Waals surface area (Å²) in [4.78, 5) is 29.5. The molecule has 0 unspecified atom stereocenters. The number of rotatable bonds is 5. The Morgan fingerprint density at radius 1 is 1.18 bits per heavy atom. The SMILES string of the molecule is CCNC(=O)Nc1cccc(-c2ccnc3c(C(=O)c4cccs4)cnn23)c1. The molecule has 3 aromatic heterocycles. The molecule has 1 aromatic carbocycles. The first-order valence-electron chi connectivity index (χ1n) is 8.73. The standard InChI is InChI=1S/C20H17N5O2S/c1-2-21-20(27)24-14-6-3-5-13(11-14)16-8-9-22-19-15(12-23-25(16)19)18(26)17-7-4-10-28-17/h3-12H,2H2,1H3,(H2,21,24,27). The maximum Gasteiger partial charge on any atom is 0.319 e. The van der Waals surface area contributed by atoms with Crippen LogP contribution in [0.4, 0.5) is 10.5 Å². The Balaban J connectivity index is 1.72. The molecule has 7 nitrogen and oxygen atoms in total. The molecule has 0 saturated heterocycles. The molecule has 0 bridgehead atoms. The number of hydrogen-bond acceptors (Lipinski definition) is 5. The van der Waals surface area contributed by atoms with Gasteiger partial charge in [0.15, 0.2) is 5.65 Å². The van der Waals surface area contributed by atoms with Crippen LogP contribution in [0.5, 0.6) is 0 Å². The minimum atomic E-state index is -0.262. The second kappa shape index (κ2) is 7.61. The summed E-state index contributed by atoms with van der Waals surface area (Å²) in [6.45, 7) is 2.40. The zero-order chi connectivity index (χ0) is 19.5. The number of carbonyl (C=O) groups excluding carboxylic acids is 2. The number of anilines is 1. The van der Waals surface area contributed by atoms with Crippen LogP contribution in [-0.4, -0.2) is 33.0 Å². The van der Waals surface area contributed by atoms with E-state index in [4.69, 9.17) is 0 Å². The highest BCUT2D eigenvalue weighted by atomic mass is 32.1. The number of nitrogens with one attached hydrogen (secondary N) is 2. The number of urea groups is 1. The van der Waals surface area contributed by atoms with Crippen LogP contribution in [0.15, 0.2) is 60.2 Å². The first-order valence-corrected chi connectivity index (χ1v) is 9.61. The fraction of sp³-hybridized carbons (Fsp3) is 0.100. The van der Waals surface area contributed by atoms with Gasteiger partial charge in [-0.15, -0.1) is 11.3 Å². The lowest BCUT2D eigenvalue weighted by Gasteiger charge is -2.09. The molecule has 0 aliphatic rings. The van der Waals surface area contributed by atoms with E-state index in [1.165, 1.54) is 11.3 Å². The van der Waals surface area contributed by atoms with Crippen molar-refractivity contribution in [1.29, 1.82) is 0 Å². The first kappa shape index (κ1) is 17.9. The van der Waals surface area contributed by atoms with E-state index in [2.05, 4.69) is 20.7 Å². The van der Waals surface area contributed by atoms with Gasteiger partial charge in [-0.3, -0.25) is 4.79 Å². The van der Waals surface area contributed by atoms with Crippen molar-refractivity contribution in [1.82, 2.24) is 19.9 Å². The van der Waals surface area contributed by atoms with Gasteiger partial charge in [-0.05, 0) is 36.6 Å². The highest BCUT2D eigenvalue weighted by molar-refractivity contribution is 7.12. The fourth-order valence-electron chi connectivity index (χ4n) is 2.90. The topological polar surface area (TPSA) is 88.4 Å². The summed E-state index contributed by atoms with van der Waals surface area (Å²) >= 11 is 1.39. The monoisotopic (exact) mass is 391 g/mol. The minimum Gasteiger partial charge on any atom is -0.338 e. The number of benzene rings is 1. The van der Waals surface area contributed by atoms with Crippen molar-refractivity contribution in [2.24, 2.45) is 0 Å². The van der Waals surface area contributed by atoms with Crippen molar-refractivity contribution in [2.45, 2.75) is 6.92 Å². The molecule has 0 aliphatic carbocycles. The lowest BCUT2D eigenvalue weighted by molar-refractivity contribution is 0.104. The Labute approximate surface area is 165 Å². The second-order valence-electron chi connectivity index (χ2n) is 6.00. The largest absolute Gasteiger partial charge is 0.338 e. The van der Waals surface area contributed by atoms with Gasteiger partial charge in [-0.2, -0.15) is 5.10 Å². The van der Waals surface area contributed by atoms with Gasteiger partial charge in [-0.25, -0.2) is 14.3 Å². The maximum atomic E-state index is 12.7. The maximum absolute atomic E-state index is 12.7. The third-order valence-electron chi connectivity index (χ3n) is 4.14. The van der Waals surface area contributed by atoms with Crippen LogP contribution in [0.3, 0.4) is 0 Å². The van der Waals surface area contributed by atoms with Crippen molar-refractivity contribution < 1.29 is 9.59 Å². The second-order valence-corrected chi connectivity index (χ2v) is 6.94. The zero-order valence-electron chi connectivity index (χ0n) is 15.0. The quantitative estimate of drug-likeness (QED) is 0.506. The molecule has 3 heterocycles. The lowest BCUT2D eigenvalue weighted by Crippen LogP contribution is -2.28. The van der Waals surface area contributed by atoms with E-state index in [1.807, 2.05) is 48.7 Å². The van der Waals surface area contributed by atoms with Crippen LogP contribution >= 0.6 is 11.3 Å². The third-order valence-corrected chi connectivity index (χ3v) is 5.01. The van der Waals surface area contributed by atoms with Crippen LogP contribution in [-0.2, 0) is 0 Å². The molecule has 0 radical (unpaired) electrons. The molecular weight excluding hydrogens is 374 g/mol. The van der Waals surface area contributed by atoms with Crippen LogP contribution in [0, 0.1) is 0 Å². The molecule has 2 N–H and O–H groups in total. The van der Waals surface area contributed by atoms with Gasteiger partial charge in [0, 0.05) is 24.0 Å². The number of aromatic nitrogens is 3. The number of carbonyl (C=O) groups is 2. The summed E-state index contributed by atoms with van der Waals surface area (Å²) in [5.74, 6) is -0.0960. The van der Waals surface area contributed by atoms with Gasteiger partial charge in [0.2, 0.25) is 5.78 Å². The van der Waals surface area contributed by atoms with E-state index in [0.29, 0.717) is 28.3 Å². The Morgan fingerprint density at radius 3 is 2.86 bits per heavy atom. The number of amides is 2. The first-order chi connectivity index (χ1) is 13.7. The summed E-state index contributed by atoms with van der Waals surface area (Å²) in [6.07, 6.45) is 3.20.